The molecular weight excluding hydrogens is 356 g/mol. The summed E-state index contributed by atoms with van der Waals surface area (Å²) in [4.78, 5) is 36.7. The number of nitriles is 1. The molecule has 0 aliphatic heterocycles. The van der Waals surface area contributed by atoms with Gasteiger partial charge in [-0.15, -0.1) is 11.3 Å². The number of hydrogen-bond acceptors (Lipinski definition) is 7. The largest absolute Gasteiger partial charge is 0.465 e. The minimum Gasteiger partial charge on any atom is -0.465 e. The number of esters is 2. The lowest BCUT2D eigenvalue weighted by Crippen LogP contribution is -2.17. The van der Waals surface area contributed by atoms with E-state index in [-0.39, 0.29) is 33.2 Å². The van der Waals surface area contributed by atoms with Crippen molar-refractivity contribution in [2.45, 2.75) is 13.8 Å². The second-order valence-corrected chi connectivity index (χ2v) is 6.10. The van der Waals surface area contributed by atoms with Crippen LogP contribution in [0.4, 0.5) is 5.00 Å². The molecule has 0 saturated carbocycles. The molecule has 0 spiro atoms. The van der Waals surface area contributed by atoms with Crippen LogP contribution in [0, 0.1) is 18.3 Å². The molecule has 1 N–H and O–H groups in total. The number of carbonyl (C=O) groups excluding carboxylic acids is 3. The highest BCUT2D eigenvalue weighted by Crippen LogP contribution is 2.33. The summed E-state index contributed by atoms with van der Waals surface area (Å²) in [6.07, 6.45) is 0. The van der Waals surface area contributed by atoms with Crippen molar-refractivity contribution in [1.82, 2.24) is 0 Å². The van der Waals surface area contributed by atoms with Gasteiger partial charge in [0.2, 0.25) is 0 Å². The Labute approximate surface area is 154 Å². The number of ether oxygens (including phenoxy) is 2. The Morgan fingerprint density at radius 2 is 1.85 bits per heavy atom. The van der Waals surface area contributed by atoms with Crippen LogP contribution < -0.4 is 5.32 Å². The molecule has 8 heteroatoms. The molecule has 0 atom stereocenters. The van der Waals surface area contributed by atoms with E-state index in [2.05, 4.69) is 10.1 Å². The Morgan fingerprint density at radius 3 is 2.42 bits per heavy atom. The second-order valence-electron chi connectivity index (χ2n) is 5.08. The van der Waals surface area contributed by atoms with E-state index >= 15 is 0 Å². The lowest BCUT2D eigenvalue weighted by Gasteiger charge is -2.08. The van der Waals surface area contributed by atoms with Crippen LogP contribution in [0.25, 0.3) is 0 Å². The van der Waals surface area contributed by atoms with Crippen LogP contribution >= 0.6 is 11.3 Å². The van der Waals surface area contributed by atoms with Gasteiger partial charge in [0.15, 0.2) is 0 Å². The number of rotatable bonds is 5. The lowest BCUT2D eigenvalue weighted by molar-refractivity contribution is 0.0530. The molecule has 1 amide bonds. The van der Waals surface area contributed by atoms with Gasteiger partial charge in [-0.25, -0.2) is 9.59 Å². The molecule has 0 aliphatic rings. The number of nitrogens with one attached hydrogen (secondary N) is 1. The van der Waals surface area contributed by atoms with Gasteiger partial charge in [-0.05, 0) is 31.5 Å². The van der Waals surface area contributed by atoms with E-state index in [1.54, 1.807) is 26.0 Å². The Balaban J connectivity index is 2.39. The zero-order valence-corrected chi connectivity index (χ0v) is 15.2. The van der Waals surface area contributed by atoms with E-state index in [9.17, 15) is 19.6 Å². The van der Waals surface area contributed by atoms with Crippen LogP contribution in [0.5, 0.6) is 0 Å². The van der Waals surface area contributed by atoms with Crippen LogP contribution in [0.15, 0.2) is 24.3 Å². The molecule has 134 valence electrons. The SMILES string of the molecule is CCOC(=O)c1sc(NC(=O)c2ccccc2C(=O)OC)c(C#N)c1C. The first-order chi connectivity index (χ1) is 12.4. The van der Waals surface area contributed by atoms with Crippen molar-refractivity contribution in [3.8, 4) is 6.07 Å². The highest BCUT2D eigenvalue weighted by Gasteiger charge is 2.24. The van der Waals surface area contributed by atoms with Gasteiger partial charge in [0.05, 0.1) is 30.4 Å². The number of benzene rings is 1. The predicted molar refractivity (Wildman–Crippen MR) is 95.5 cm³/mol. The van der Waals surface area contributed by atoms with Crippen LogP contribution in [-0.2, 0) is 9.47 Å². The summed E-state index contributed by atoms with van der Waals surface area (Å²) < 4.78 is 9.64. The maximum absolute atomic E-state index is 12.6. The van der Waals surface area contributed by atoms with Crippen molar-refractivity contribution in [1.29, 1.82) is 5.26 Å². The maximum Gasteiger partial charge on any atom is 0.348 e. The highest BCUT2D eigenvalue weighted by atomic mass is 32.1. The van der Waals surface area contributed by atoms with Crippen molar-refractivity contribution in [2.24, 2.45) is 0 Å². The van der Waals surface area contributed by atoms with Gasteiger partial charge in [-0.2, -0.15) is 5.26 Å². The molecule has 0 radical (unpaired) electrons. The standard InChI is InChI=1S/C18H16N2O5S/c1-4-25-18(23)14-10(2)13(9-19)16(26-14)20-15(21)11-7-5-6-8-12(11)17(22)24-3/h5-8H,4H2,1-3H3,(H,20,21). The third kappa shape index (κ3) is 3.73. The molecule has 0 saturated heterocycles. The molecule has 2 rings (SSSR count). The number of anilines is 1. The van der Waals surface area contributed by atoms with Crippen LogP contribution in [0.3, 0.4) is 0 Å². The molecule has 1 heterocycles. The smallest absolute Gasteiger partial charge is 0.348 e. The molecule has 26 heavy (non-hydrogen) atoms. The zero-order chi connectivity index (χ0) is 19.3. The van der Waals surface area contributed by atoms with E-state index in [1.807, 2.05) is 6.07 Å². The first-order valence-electron chi connectivity index (χ1n) is 7.63. The summed E-state index contributed by atoms with van der Waals surface area (Å²) in [5.74, 6) is -1.79. The van der Waals surface area contributed by atoms with Gasteiger partial charge in [0, 0.05) is 0 Å². The van der Waals surface area contributed by atoms with Crippen molar-refractivity contribution in [3.05, 3.63) is 51.4 Å². The number of amides is 1. The van der Waals surface area contributed by atoms with E-state index in [1.165, 1.54) is 19.2 Å². The van der Waals surface area contributed by atoms with Gasteiger partial charge in [0.25, 0.3) is 5.91 Å². The van der Waals surface area contributed by atoms with Gasteiger partial charge in [-0.3, -0.25) is 4.79 Å². The van der Waals surface area contributed by atoms with Crippen LogP contribution in [-0.4, -0.2) is 31.6 Å². The fourth-order valence-electron chi connectivity index (χ4n) is 2.27. The summed E-state index contributed by atoms with van der Waals surface area (Å²) >= 11 is 0.957. The molecule has 1 aromatic carbocycles. The van der Waals surface area contributed by atoms with Crippen molar-refractivity contribution < 1.29 is 23.9 Å². The zero-order valence-electron chi connectivity index (χ0n) is 14.4. The number of methoxy groups -OCH3 is 1. The van der Waals surface area contributed by atoms with Gasteiger partial charge in [-0.1, -0.05) is 12.1 Å². The van der Waals surface area contributed by atoms with Gasteiger partial charge >= 0.3 is 11.9 Å². The van der Waals surface area contributed by atoms with Gasteiger partial charge < -0.3 is 14.8 Å². The fourth-order valence-corrected chi connectivity index (χ4v) is 3.31. The normalized spacial score (nSPS) is 9.92. The Bertz CT molecular complexity index is 911. The average molecular weight is 372 g/mol. The first-order valence-corrected chi connectivity index (χ1v) is 8.45. The van der Waals surface area contributed by atoms with Crippen LogP contribution in [0.2, 0.25) is 0 Å². The third-order valence-electron chi connectivity index (χ3n) is 3.52. The Morgan fingerprint density at radius 1 is 1.19 bits per heavy atom. The number of nitrogens with zero attached hydrogens (tertiary/aromatic N) is 1. The highest BCUT2D eigenvalue weighted by molar-refractivity contribution is 7.18. The summed E-state index contributed by atoms with van der Waals surface area (Å²) in [6, 6.07) is 8.14. The molecule has 1 aromatic heterocycles. The molecule has 2 aromatic rings. The predicted octanol–water partition coefficient (Wildman–Crippen LogP) is 3.14. The van der Waals surface area contributed by atoms with Crippen molar-refractivity contribution in [3.63, 3.8) is 0 Å². The van der Waals surface area contributed by atoms with E-state index < -0.39 is 17.8 Å². The van der Waals surface area contributed by atoms with Gasteiger partial charge in [0.1, 0.15) is 15.9 Å². The van der Waals surface area contributed by atoms with Crippen molar-refractivity contribution in [2.75, 3.05) is 19.0 Å². The topological polar surface area (TPSA) is 105 Å². The summed E-state index contributed by atoms with van der Waals surface area (Å²) in [5, 5.41) is 12.2. The monoisotopic (exact) mass is 372 g/mol. The molecule has 0 bridgehead atoms. The average Bonchev–Trinajstić information content (AvgIpc) is 2.96. The summed E-state index contributed by atoms with van der Waals surface area (Å²) in [5.41, 5.74) is 0.825. The Kier molecular flexibility index (Phi) is 6.09. The lowest BCUT2D eigenvalue weighted by atomic mass is 10.1. The van der Waals surface area contributed by atoms with E-state index in [0.717, 1.165) is 11.3 Å². The van der Waals surface area contributed by atoms with Crippen molar-refractivity contribution >= 4 is 34.2 Å². The second kappa shape index (κ2) is 8.27. The molecule has 0 fully saturated rings. The minimum absolute atomic E-state index is 0.102. The third-order valence-corrected chi connectivity index (χ3v) is 4.71. The molecule has 0 unspecified atom stereocenters. The number of thiophene rings is 1. The first kappa shape index (κ1) is 19.1. The summed E-state index contributed by atoms with van der Waals surface area (Å²) in [6.45, 7) is 3.49. The Hall–Kier alpha value is -3.18. The molecule has 7 nitrogen and oxygen atoms in total. The van der Waals surface area contributed by atoms with E-state index in [4.69, 9.17) is 4.74 Å². The fraction of sp³-hybridized carbons (Fsp3) is 0.222. The summed E-state index contributed by atoms with van der Waals surface area (Å²) in [7, 11) is 1.22. The molecule has 0 aliphatic carbocycles. The quantitative estimate of drug-likeness (QED) is 0.808. The van der Waals surface area contributed by atoms with Crippen LogP contribution in [0.1, 0.15) is 48.4 Å². The van der Waals surface area contributed by atoms with E-state index in [0.29, 0.717) is 5.56 Å². The maximum atomic E-state index is 12.6. The number of hydrogen-bond donors (Lipinski definition) is 1. The molecular formula is C18H16N2O5S. The minimum atomic E-state index is -0.647. The number of carbonyl (C=O) groups is 3.